The van der Waals surface area contributed by atoms with Gasteiger partial charge in [-0.25, -0.2) is 0 Å². The van der Waals surface area contributed by atoms with Gasteiger partial charge in [-0.3, -0.25) is 14.3 Å². The maximum absolute atomic E-state index is 12.7. The molecule has 4 aromatic rings. The second kappa shape index (κ2) is 8.92. The monoisotopic (exact) mass is 415 g/mol. The van der Waals surface area contributed by atoms with Crippen LogP contribution in [0.25, 0.3) is 17.1 Å². The molecule has 2 aromatic heterocycles. The van der Waals surface area contributed by atoms with Crippen LogP contribution in [-0.4, -0.2) is 30.9 Å². The fourth-order valence-electron chi connectivity index (χ4n) is 3.04. The molecule has 2 heterocycles. The third kappa shape index (κ3) is 4.26. The van der Waals surface area contributed by atoms with Crippen LogP contribution < -0.4 is 5.32 Å². The Balaban J connectivity index is 1.67. The number of anilines is 1. The van der Waals surface area contributed by atoms with E-state index in [1.807, 2.05) is 85.1 Å². The van der Waals surface area contributed by atoms with Gasteiger partial charge in [0.05, 0.1) is 10.9 Å². The summed E-state index contributed by atoms with van der Waals surface area (Å²) >= 11 is 1.37. The zero-order valence-corrected chi connectivity index (χ0v) is 17.5. The Labute approximate surface area is 179 Å². The van der Waals surface area contributed by atoms with E-state index in [1.54, 1.807) is 12.4 Å². The second-order valence-corrected chi connectivity index (χ2v) is 8.09. The van der Waals surface area contributed by atoms with E-state index in [4.69, 9.17) is 0 Å². The van der Waals surface area contributed by atoms with Gasteiger partial charge in [0.2, 0.25) is 5.91 Å². The smallest absolute Gasteiger partial charge is 0.237 e. The fourth-order valence-corrected chi connectivity index (χ4v) is 3.90. The number of nitrogens with one attached hydrogen (secondary N) is 1. The molecule has 0 aliphatic rings. The van der Waals surface area contributed by atoms with E-state index in [0.29, 0.717) is 11.0 Å². The molecule has 0 saturated heterocycles. The van der Waals surface area contributed by atoms with Gasteiger partial charge < -0.3 is 5.32 Å². The predicted octanol–water partition coefficient (Wildman–Crippen LogP) is 4.76. The Morgan fingerprint density at radius 1 is 1.00 bits per heavy atom. The first-order valence-corrected chi connectivity index (χ1v) is 10.5. The number of pyridine rings is 1. The maximum atomic E-state index is 12.7. The van der Waals surface area contributed by atoms with Crippen molar-refractivity contribution in [3.63, 3.8) is 0 Å². The number of rotatable bonds is 6. The van der Waals surface area contributed by atoms with E-state index in [0.717, 1.165) is 22.5 Å². The van der Waals surface area contributed by atoms with Crippen LogP contribution in [0.3, 0.4) is 0 Å². The third-order valence-corrected chi connectivity index (χ3v) is 5.64. The van der Waals surface area contributed by atoms with Gasteiger partial charge in [0, 0.05) is 23.6 Å². The molecule has 0 spiro atoms. The van der Waals surface area contributed by atoms with Gasteiger partial charge in [-0.15, -0.1) is 10.2 Å². The van der Waals surface area contributed by atoms with Crippen LogP contribution in [0, 0.1) is 6.92 Å². The molecule has 1 amide bonds. The van der Waals surface area contributed by atoms with E-state index >= 15 is 0 Å². The molecule has 0 aliphatic heterocycles. The van der Waals surface area contributed by atoms with Gasteiger partial charge in [0.15, 0.2) is 11.0 Å². The van der Waals surface area contributed by atoms with Crippen molar-refractivity contribution in [3.8, 4) is 17.1 Å². The summed E-state index contributed by atoms with van der Waals surface area (Å²) in [6.45, 7) is 3.91. The summed E-state index contributed by atoms with van der Waals surface area (Å²) in [7, 11) is 0. The summed E-state index contributed by atoms with van der Waals surface area (Å²) in [5, 5.41) is 12.1. The van der Waals surface area contributed by atoms with Crippen molar-refractivity contribution in [1.29, 1.82) is 0 Å². The second-order valence-electron chi connectivity index (χ2n) is 6.79. The molecule has 0 radical (unpaired) electrons. The average Bonchev–Trinajstić information content (AvgIpc) is 3.18. The number of carbonyl (C=O) groups excluding carboxylic acids is 1. The van der Waals surface area contributed by atoms with Crippen LogP contribution in [0.15, 0.2) is 84.3 Å². The number of nitrogens with zero attached hydrogens (tertiary/aromatic N) is 4. The Kier molecular flexibility index (Phi) is 5.90. The Morgan fingerprint density at radius 2 is 1.77 bits per heavy atom. The minimum Gasteiger partial charge on any atom is -0.325 e. The van der Waals surface area contributed by atoms with Crippen LogP contribution in [0.2, 0.25) is 0 Å². The highest BCUT2D eigenvalue weighted by Crippen LogP contribution is 2.31. The van der Waals surface area contributed by atoms with Crippen molar-refractivity contribution < 1.29 is 4.79 Å². The third-order valence-electron chi connectivity index (χ3n) is 4.60. The average molecular weight is 416 g/mol. The van der Waals surface area contributed by atoms with Gasteiger partial charge in [-0.2, -0.15) is 0 Å². The SMILES string of the molecule is Cc1ccccc1-n1c(SC(C)C(=O)Nc2ccccc2)nnc1-c1cccnc1. The normalized spacial score (nSPS) is 11.8. The number of thioether (sulfide) groups is 1. The van der Waals surface area contributed by atoms with Gasteiger partial charge in [0.1, 0.15) is 0 Å². The lowest BCUT2D eigenvalue weighted by molar-refractivity contribution is -0.115. The lowest BCUT2D eigenvalue weighted by Gasteiger charge is -2.15. The lowest BCUT2D eigenvalue weighted by Crippen LogP contribution is -2.22. The highest BCUT2D eigenvalue weighted by atomic mass is 32.2. The van der Waals surface area contributed by atoms with E-state index in [-0.39, 0.29) is 11.2 Å². The number of carbonyl (C=O) groups is 1. The molecule has 1 N–H and O–H groups in total. The minimum absolute atomic E-state index is 0.0894. The van der Waals surface area contributed by atoms with E-state index in [2.05, 4.69) is 20.5 Å². The molecule has 150 valence electrons. The van der Waals surface area contributed by atoms with Gasteiger partial charge >= 0.3 is 0 Å². The summed E-state index contributed by atoms with van der Waals surface area (Å²) in [4.78, 5) is 16.9. The predicted molar refractivity (Wildman–Crippen MR) is 120 cm³/mol. The van der Waals surface area contributed by atoms with Crippen LogP contribution in [0.5, 0.6) is 0 Å². The molecule has 2 aromatic carbocycles. The summed E-state index contributed by atoms with van der Waals surface area (Å²) in [6, 6.07) is 21.3. The quantitative estimate of drug-likeness (QED) is 0.460. The summed E-state index contributed by atoms with van der Waals surface area (Å²) < 4.78 is 1.99. The van der Waals surface area contributed by atoms with Crippen molar-refractivity contribution in [3.05, 3.63) is 84.7 Å². The van der Waals surface area contributed by atoms with Crippen molar-refractivity contribution in [2.24, 2.45) is 0 Å². The Hall–Kier alpha value is -3.45. The number of amides is 1. The highest BCUT2D eigenvalue weighted by Gasteiger charge is 2.22. The van der Waals surface area contributed by atoms with E-state index < -0.39 is 0 Å². The standard InChI is InChI=1S/C23H21N5OS/c1-16-9-6-7-13-20(16)28-21(18-10-8-14-24-15-18)26-27-23(28)30-17(2)22(29)25-19-11-4-3-5-12-19/h3-15,17H,1-2H3,(H,25,29). The van der Waals surface area contributed by atoms with Gasteiger partial charge in [-0.1, -0.05) is 48.2 Å². The number of hydrogen-bond donors (Lipinski definition) is 1. The Bertz CT molecular complexity index is 1140. The first-order chi connectivity index (χ1) is 14.6. The van der Waals surface area contributed by atoms with E-state index in [9.17, 15) is 4.79 Å². The first kappa shape index (κ1) is 19.8. The maximum Gasteiger partial charge on any atom is 0.237 e. The first-order valence-electron chi connectivity index (χ1n) is 9.58. The van der Waals surface area contributed by atoms with Crippen molar-refractivity contribution in [2.45, 2.75) is 24.3 Å². The van der Waals surface area contributed by atoms with Crippen LogP contribution >= 0.6 is 11.8 Å². The summed E-state index contributed by atoms with van der Waals surface area (Å²) in [5.74, 6) is 0.601. The van der Waals surface area contributed by atoms with Crippen molar-refractivity contribution in [2.75, 3.05) is 5.32 Å². The molecule has 4 rings (SSSR count). The zero-order valence-electron chi connectivity index (χ0n) is 16.7. The topological polar surface area (TPSA) is 72.7 Å². The molecule has 6 nitrogen and oxygen atoms in total. The van der Waals surface area contributed by atoms with Crippen LogP contribution in [-0.2, 0) is 4.79 Å². The largest absolute Gasteiger partial charge is 0.325 e. The molecule has 0 bridgehead atoms. The summed E-state index contributed by atoms with van der Waals surface area (Å²) in [6.07, 6.45) is 3.49. The number of hydrogen-bond acceptors (Lipinski definition) is 5. The molecule has 7 heteroatoms. The molecule has 30 heavy (non-hydrogen) atoms. The molecule has 1 atom stereocenters. The zero-order chi connectivity index (χ0) is 20.9. The highest BCUT2D eigenvalue weighted by molar-refractivity contribution is 8.00. The Morgan fingerprint density at radius 3 is 2.50 bits per heavy atom. The minimum atomic E-state index is -0.362. The number of para-hydroxylation sites is 2. The van der Waals surface area contributed by atoms with Gasteiger partial charge in [0.25, 0.3) is 0 Å². The number of aryl methyl sites for hydroxylation is 1. The molecule has 0 saturated carbocycles. The van der Waals surface area contributed by atoms with Crippen LogP contribution in [0.1, 0.15) is 12.5 Å². The fraction of sp³-hybridized carbons (Fsp3) is 0.130. The van der Waals surface area contributed by atoms with E-state index in [1.165, 1.54) is 11.8 Å². The van der Waals surface area contributed by atoms with Crippen molar-refractivity contribution >= 4 is 23.4 Å². The van der Waals surface area contributed by atoms with Gasteiger partial charge in [-0.05, 0) is 49.7 Å². The molecular formula is C23H21N5OS. The molecular weight excluding hydrogens is 394 g/mol. The van der Waals surface area contributed by atoms with Crippen LogP contribution in [0.4, 0.5) is 5.69 Å². The number of benzene rings is 2. The summed E-state index contributed by atoms with van der Waals surface area (Å²) in [5.41, 5.74) is 3.69. The molecule has 0 aliphatic carbocycles. The lowest BCUT2D eigenvalue weighted by atomic mass is 10.2. The molecule has 0 fully saturated rings. The van der Waals surface area contributed by atoms with Crippen molar-refractivity contribution in [1.82, 2.24) is 19.7 Å². The number of aromatic nitrogens is 4. The molecule has 1 unspecified atom stereocenters.